The normalized spacial score (nSPS) is 10.8. The third-order valence-corrected chi connectivity index (χ3v) is 6.10. The molecule has 0 bridgehead atoms. The van der Waals surface area contributed by atoms with Crippen LogP contribution in [0.5, 0.6) is 11.5 Å². The number of nitrogens with zero attached hydrogens (tertiary/aromatic N) is 3. The van der Waals surface area contributed by atoms with Crippen LogP contribution in [0.4, 0.5) is 0 Å². The van der Waals surface area contributed by atoms with E-state index < -0.39 is 0 Å². The molecule has 4 aromatic rings. The van der Waals surface area contributed by atoms with Crippen LogP contribution in [-0.2, 0) is 5.75 Å². The van der Waals surface area contributed by atoms with Crippen LogP contribution in [0.15, 0.2) is 71.9 Å². The van der Waals surface area contributed by atoms with Crippen molar-refractivity contribution in [2.45, 2.75) is 17.8 Å². The summed E-state index contributed by atoms with van der Waals surface area (Å²) < 4.78 is 12.9. The maximum absolute atomic E-state index is 6.01. The molecular formula is C24H22ClN3O2S. The van der Waals surface area contributed by atoms with Gasteiger partial charge < -0.3 is 9.47 Å². The quantitative estimate of drug-likeness (QED) is 0.313. The summed E-state index contributed by atoms with van der Waals surface area (Å²) in [6.45, 7) is 2.07. The van der Waals surface area contributed by atoms with E-state index in [0.29, 0.717) is 11.5 Å². The predicted octanol–water partition coefficient (Wildman–Crippen LogP) is 6.21. The fourth-order valence-corrected chi connectivity index (χ4v) is 4.21. The van der Waals surface area contributed by atoms with Gasteiger partial charge in [-0.25, -0.2) is 0 Å². The topological polar surface area (TPSA) is 49.2 Å². The molecule has 0 fully saturated rings. The first-order valence-corrected chi connectivity index (χ1v) is 11.1. The van der Waals surface area contributed by atoms with Gasteiger partial charge in [-0.15, -0.1) is 10.2 Å². The number of rotatable bonds is 7. The summed E-state index contributed by atoms with van der Waals surface area (Å²) >= 11 is 7.64. The molecule has 0 aliphatic heterocycles. The number of hydrogen-bond acceptors (Lipinski definition) is 5. The van der Waals surface area contributed by atoms with Crippen molar-refractivity contribution in [3.05, 3.63) is 82.9 Å². The van der Waals surface area contributed by atoms with E-state index in [0.717, 1.165) is 33.0 Å². The van der Waals surface area contributed by atoms with Crippen LogP contribution in [0.3, 0.4) is 0 Å². The standard InChI is InChI=1S/C24H22ClN3O2S/c1-16-4-11-20(12-5-16)28-23(18-8-13-21(29-2)22(14-18)30-3)26-27-24(28)31-15-17-6-9-19(25)10-7-17/h4-14H,15H2,1-3H3. The zero-order valence-electron chi connectivity index (χ0n) is 17.5. The molecule has 1 heterocycles. The van der Waals surface area contributed by atoms with Gasteiger partial charge in [0.15, 0.2) is 22.5 Å². The van der Waals surface area contributed by atoms with Gasteiger partial charge >= 0.3 is 0 Å². The monoisotopic (exact) mass is 451 g/mol. The van der Waals surface area contributed by atoms with Gasteiger partial charge in [-0.1, -0.05) is 53.2 Å². The molecule has 0 saturated carbocycles. The van der Waals surface area contributed by atoms with Gasteiger partial charge in [0.25, 0.3) is 0 Å². The van der Waals surface area contributed by atoms with Crippen LogP contribution in [0.25, 0.3) is 17.1 Å². The smallest absolute Gasteiger partial charge is 0.196 e. The number of aryl methyl sites for hydroxylation is 1. The van der Waals surface area contributed by atoms with Gasteiger partial charge in [0.1, 0.15) is 0 Å². The first-order chi connectivity index (χ1) is 15.1. The molecule has 0 unspecified atom stereocenters. The highest BCUT2D eigenvalue weighted by molar-refractivity contribution is 7.98. The van der Waals surface area contributed by atoms with Crippen molar-refractivity contribution >= 4 is 23.4 Å². The third-order valence-electron chi connectivity index (χ3n) is 4.85. The number of halogens is 1. The van der Waals surface area contributed by atoms with Crippen molar-refractivity contribution in [3.63, 3.8) is 0 Å². The van der Waals surface area contributed by atoms with E-state index in [1.165, 1.54) is 11.1 Å². The Hall–Kier alpha value is -2.96. The summed E-state index contributed by atoms with van der Waals surface area (Å²) in [5.74, 6) is 2.81. The Balaban J connectivity index is 1.75. The largest absolute Gasteiger partial charge is 0.493 e. The van der Waals surface area contributed by atoms with E-state index >= 15 is 0 Å². The summed E-state index contributed by atoms with van der Waals surface area (Å²) in [5, 5.41) is 10.6. The minimum Gasteiger partial charge on any atom is -0.493 e. The van der Waals surface area contributed by atoms with Gasteiger partial charge in [0.2, 0.25) is 0 Å². The Morgan fingerprint density at radius 2 is 1.58 bits per heavy atom. The lowest BCUT2D eigenvalue weighted by Crippen LogP contribution is -2.00. The van der Waals surface area contributed by atoms with E-state index in [1.807, 2.05) is 42.5 Å². The Bertz CT molecular complexity index is 1170. The van der Waals surface area contributed by atoms with Crippen LogP contribution in [-0.4, -0.2) is 29.0 Å². The zero-order chi connectivity index (χ0) is 21.8. The highest BCUT2D eigenvalue weighted by Crippen LogP contribution is 2.35. The van der Waals surface area contributed by atoms with Crippen LogP contribution < -0.4 is 9.47 Å². The summed E-state index contributed by atoms with van der Waals surface area (Å²) in [7, 11) is 3.25. The molecule has 3 aromatic carbocycles. The van der Waals surface area contributed by atoms with Crippen LogP contribution in [0.2, 0.25) is 5.02 Å². The van der Waals surface area contributed by atoms with Crippen LogP contribution >= 0.6 is 23.4 Å². The average molecular weight is 452 g/mol. The van der Waals surface area contributed by atoms with Gasteiger partial charge in [-0.2, -0.15) is 0 Å². The molecule has 31 heavy (non-hydrogen) atoms. The highest BCUT2D eigenvalue weighted by atomic mass is 35.5. The summed E-state index contributed by atoms with van der Waals surface area (Å²) in [6.07, 6.45) is 0. The molecule has 0 aliphatic rings. The van der Waals surface area contributed by atoms with Crippen LogP contribution in [0.1, 0.15) is 11.1 Å². The van der Waals surface area contributed by atoms with E-state index in [-0.39, 0.29) is 0 Å². The van der Waals surface area contributed by atoms with Crippen molar-refractivity contribution < 1.29 is 9.47 Å². The van der Waals surface area contributed by atoms with Gasteiger partial charge in [0, 0.05) is 22.0 Å². The maximum atomic E-state index is 6.01. The average Bonchev–Trinajstić information content (AvgIpc) is 3.22. The molecule has 0 atom stereocenters. The second-order valence-electron chi connectivity index (χ2n) is 6.96. The van der Waals surface area contributed by atoms with Gasteiger partial charge in [0.05, 0.1) is 14.2 Å². The van der Waals surface area contributed by atoms with Gasteiger partial charge in [-0.05, 0) is 55.0 Å². The molecule has 0 saturated heterocycles. The van der Waals surface area contributed by atoms with Crippen LogP contribution in [0, 0.1) is 6.92 Å². The van der Waals surface area contributed by atoms with Gasteiger partial charge in [-0.3, -0.25) is 4.57 Å². The third kappa shape index (κ3) is 4.70. The number of ether oxygens (including phenoxy) is 2. The van der Waals surface area contributed by atoms with E-state index in [9.17, 15) is 0 Å². The number of aromatic nitrogens is 3. The number of hydrogen-bond donors (Lipinski definition) is 0. The SMILES string of the molecule is COc1ccc(-c2nnc(SCc3ccc(Cl)cc3)n2-c2ccc(C)cc2)cc1OC. The summed E-state index contributed by atoms with van der Waals surface area (Å²) in [6, 6.07) is 21.9. The second kappa shape index (κ2) is 9.45. The molecule has 0 amide bonds. The molecule has 0 radical (unpaired) electrons. The molecule has 4 rings (SSSR count). The minimum atomic E-state index is 0.647. The van der Waals surface area contributed by atoms with Crippen molar-refractivity contribution in [2.75, 3.05) is 14.2 Å². The number of thioether (sulfide) groups is 1. The molecule has 7 heteroatoms. The summed E-state index contributed by atoms with van der Waals surface area (Å²) in [5.41, 5.74) is 4.25. The molecule has 0 N–H and O–H groups in total. The fraction of sp³-hybridized carbons (Fsp3) is 0.167. The lowest BCUT2D eigenvalue weighted by molar-refractivity contribution is 0.355. The Morgan fingerprint density at radius 1 is 0.871 bits per heavy atom. The Labute approximate surface area is 191 Å². The van der Waals surface area contributed by atoms with E-state index in [4.69, 9.17) is 21.1 Å². The number of methoxy groups -OCH3 is 2. The molecule has 1 aromatic heterocycles. The van der Waals surface area contributed by atoms with E-state index in [1.54, 1.807) is 26.0 Å². The van der Waals surface area contributed by atoms with Crippen molar-refractivity contribution in [1.29, 1.82) is 0 Å². The molecular weight excluding hydrogens is 430 g/mol. The number of benzene rings is 3. The molecule has 0 aliphatic carbocycles. The highest BCUT2D eigenvalue weighted by Gasteiger charge is 2.18. The lowest BCUT2D eigenvalue weighted by Gasteiger charge is -2.13. The Kier molecular flexibility index (Phi) is 6.49. The molecule has 158 valence electrons. The Morgan fingerprint density at radius 3 is 2.26 bits per heavy atom. The minimum absolute atomic E-state index is 0.647. The van der Waals surface area contributed by atoms with Crippen molar-refractivity contribution in [3.8, 4) is 28.6 Å². The summed E-state index contributed by atoms with van der Waals surface area (Å²) in [4.78, 5) is 0. The fourth-order valence-electron chi connectivity index (χ4n) is 3.18. The second-order valence-corrected chi connectivity index (χ2v) is 8.34. The van der Waals surface area contributed by atoms with Crippen molar-refractivity contribution in [1.82, 2.24) is 14.8 Å². The van der Waals surface area contributed by atoms with E-state index in [2.05, 4.69) is 46.0 Å². The molecule has 0 spiro atoms. The molecule has 5 nitrogen and oxygen atoms in total. The lowest BCUT2D eigenvalue weighted by atomic mass is 10.1. The first-order valence-electron chi connectivity index (χ1n) is 9.71. The zero-order valence-corrected chi connectivity index (χ0v) is 19.1. The maximum Gasteiger partial charge on any atom is 0.196 e. The predicted molar refractivity (Wildman–Crippen MR) is 126 cm³/mol. The first kappa shape index (κ1) is 21.3. The van der Waals surface area contributed by atoms with Crippen molar-refractivity contribution in [2.24, 2.45) is 0 Å².